The SMILES string of the molecule is CC(C)C(=O)Nc1ccc2c(C(C(=O)O)N3CCN(c4ccc(Cl)cc4)CC3)c[nH]c2c1. The number of carboxylic acid groups (broad SMARTS) is 1. The number of rotatable bonds is 6. The van der Waals surface area contributed by atoms with Crippen molar-refractivity contribution in [2.45, 2.75) is 19.9 Å². The van der Waals surface area contributed by atoms with Crippen LogP contribution in [0.5, 0.6) is 0 Å². The van der Waals surface area contributed by atoms with Crippen LogP contribution >= 0.6 is 11.6 Å². The van der Waals surface area contributed by atoms with Gasteiger partial charge in [0.25, 0.3) is 0 Å². The highest BCUT2D eigenvalue weighted by molar-refractivity contribution is 6.30. The third-order valence-electron chi connectivity index (χ3n) is 5.91. The van der Waals surface area contributed by atoms with Crippen LogP contribution in [0.2, 0.25) is 5.02 Å². The minimum absolute atomic E-state index is 0.0573. The smallest absolute Gasteiger partial charge is 0.325 e. The summed E-state index contributed by atoms with van der Waals surface area (Å²) in [5, 5.41) is 14.5. The van der Waals surface area contributed by atoms with Crippen LogP contribution in [0, 0.1) is 5.92 Å². The van der Waals surface area contributed by atoms with Crippen LogP contribution in [0.4, 0.5) is 11.4 Å². The van der Waals surface area contributed by atoms with Crippen molar-refractivity contribution < 1.29 is 14.7 Å². The number of aromatic amines is 1. The number of carbonyl (C=O) groups is 2. The van der Waals surface area contributed by atoms with Crippen molar-refractivity contribution in [3.8, 4) is 0 Å². The predicted octanol–water partition coefficient (Wildman–Crippen LogP) is 4.36. The van der Waals surface area contributed by atoms with Crippen molar-refractivity contribution in [3.05, 3.63) is 59.2 Å². The van der Waals surface area contributed by atoms with E-state index >= 15 is 0 Å². The average molecular weight is 455 g/mol. The van der Waals surface area contributed by atoms with Crippen molar-refractivity contribution in [2.75, 3.05) is 36.4 Å². The number of H-pyrrole nitrogens is 1. The maximum atomic E-state index is 12.3. The topological polar surface area (TPSA) is 88.7 Å². The summed E-state index contributed by atoms with van der Waals surface area (Å²) in [6, 6.07) is 12.5. The zero-order chi connectivity index (χ0) is 22.8. The number of nitrogens with one attached hydrogen (secondary N) is 2. The van der Waals surface area contributed by atoms with Gasteiger partial charge in [0.1, 0.15) is 6.04 Å². The normalized spacial score (nSPS) is 15.8. The molecule has 0 radical (unpaired) electrons. The fourth-order valence-corrected chi connectivity index (χ4v) is 4.24. The molecule has 1 aromatic heterocycles. The summed E-state index contributed by atoms with van der Waals surface area (Å²) in [5.74, 6) is -1.05. The number of nitrogens with zero attached hydrogens (tertiary/aromatic N) is 2. The van der Waals surface area contributed by atoms with Gasteiger partial charge in [-0.15, -0.1) is 0 Å². The van der Waals surface area contributed by atoms with Crippen molar-refractivity contribution in [3.63, 3.8) is 0 Å². The summed E-state index contributed by atoms with van der Waals surface area (Å²) < 4.78 is 0. The number of amides is 1. The van der Waals surface area contributed by atoms with E-state index in [1.807, 2.05) is 61.2 Å². The van der Waals surface area contributed by atoms with E-state index in [4.69, 9.17) is 11.6 Å². The lowest BCUT2D eigenvalue weighted by Crippen LogP contribution is -2.49. The molecule has 32 heavy (non-hydrogen) atoms. The van der Waals surface area contributed by atoms with Gasteiger partial charge in [0.2, 0.25) is 5.91 Å². The predicted molar refractivity (Wildman–Crippen MR) is 127 cm³/mol. The molecule has 0 saturated carbocycles. The van der Waals surface area contributed by atoms with E-state index in [1.165, 1.54) is 0 Å². The number of halogens is 1. The molecule has 1 aliphatic heterocycles. The number of piperazine rings is 1. The molecule has 8 heteroatoms. The summed E-state index contributed by atoms with van der Waals surface area (Å²) >= 11 is 5.99. The Morgan fingerprint density at radius 2 is 1.75 bits per heavy atom. The Bertz CT molecular complexity index is 1120. The van der Waals surface area contributed by atoms with E-state index in [2.05, 4.69) is 15.2 Å². The first-order valence-corrected chi connectivity index (χ1v) is 11.1. The van der Waals surface area contributed by atoms with Gasteiger partial charge in [-0.1, -0.05) is 31.5 Å². The van der Waals surface area contributed by atoms with Gasteiger partial charge in [0.05, 0.1) is 0 Å². The lowest BCUT2D eigenvalue weighted by molar-refractivity contribution is -0.143. The number of anilines is 2. The number of carboxylic acids is 1. The number of hydrogen-bond acceptors (Lipinski definition) is 4. The summed E-state index contributed by atoms with van der Waals surface area (Å²) in [6.07, 6.45) is 1.77. The summed E-state index contributed by atoms with van der Waals surface area (Å²) in [4.78, 5) is 31.7. The quantitative estimate of drug-likeness (QED) is 0.515. The monoisotopic (exact) mass is 454 g/mol. The van der Waals surface area contributed by atoms with Crippen molar-refractivity contribution in [1.29, 1.82) is 0 Å². The van der Waals surface area contributed by atoms with Gasteiger partial charge in [0.15, 0.2) is 0 Å². The zero-order valence-electron chi connectivity index (χ0n) is 18.1. The van der Waals surface area contributed by atoms with Crippen LogP contribution in [0.25, 0.3) is 10.9 Å². The molecule has 1 aliphatic rings. The first kappa shape index (κ1) is 22.2. The maximum absolute atomic E-state index is 12.3. The van der Waals surface area contributed by atoms with Crippen molar-refractivity contribution in [2.24, 2.45) is 5.92 Å². The Hall–Kier alpha value is -3.03. The molecule has 168 valence electrons. The van der Waals surface area contributed by atoms with Crippen LogP contribution in [0.15, 0.2) is 48.7 Å². The van der Waals surface area contributed by atoms with Gasteiger partial charge >= 0.3 is 5.97 Å². The average Bonchev–Trinajstić information content (AvgIpc) is 3.17. The highest BCUT2D eigenvalue weighted by Crippen LogP contribution is 2.32. The van der Waals surface area contributed by atoms with E-state index in [1.54, 1.807) is 6.20 Å². The molecule has 7 nitrogen and oxygen atoms in total. The molecule has 1 saturated heterocycles. The highest BCUT2D eigenvalue weighted by atomic mass is 35.5. The minimum atomic E-state index is -0.872. The van der Waals surface area contributed by atoms with E-state index in [9.17, 15) is 14.7 Å². The first-order valence-electron chi connectivity index (χ1n) is 10.7. The second-order valence-corrected chi connectivity index (χ2v) is 8.82. The van der Waals surface area contributed by atoms with Crippen LogP contribution < -0.4 is 10.2 Å². The fraction of sp³-hybridized carbons (Fsp3) is 0.333. The number of benzene rings is 2. The van der Waals surface area contributed by atoms with Crippen LogP contribution in [-0.2, 0) is 9.59 Å². The number of aliphatic carboxylic acids is 1. The second-order valence-electron chi connectivity index (χ2n) is 8.39. The zero-order valence-corrected chi connectivity index (χ0v) is 18.9. The number of aromatic nitrogens is 1. The lowest BCUT2D eigenvalue weighted by Gasteiger charge is -2.38. The maximum Gasteiger partial charge on any atom is 0.325 e. The minimum Gasteiger partial charge on any atom is -0.480 e. The third kappa shape index (κ3) is 4.59. The molecule has 0 bridgehead atoms. The van der Waals surface area contributed by atoms with Gasteiger partial charge in [-0.3, -0.25) is 14.5 Å². The van der Waals surface area contributed by atoms with Crippen LogP contribution in [0.1, 0.15) is 25.5 Å². The number of carbonyl (C=O) groups excluding carboxylic acids is 1. The molecule has 2 heterocycles. The van der Waals surface area contributed by atoms with Crippen LogP contribution in [0.3, 0.4) is 0 Å². The molecule has 2 aromatic carbocycles. The lowest BCUT2D eigenvalue weighted by atomic mass is 10.0. The number of hydrogen-bond donors (Lipinski definition) is 3. The Kier molecular flexibility index (Phi) is 6.39. The van der Waals surface area contributed by atoms with E-state index in [0.29, 0.717) is 23.8 Å². The van der Waals surface area contributed by atoms with Crippen molar-refractivity contribution in [1.82, 2.24) is 9.88 Å². The standard InChI is InChI=1S/C24H27ClN4O3/c1-15(2)23(30)27-17-5-8-19-20(14-26-21(19)13-17)22(24(31)32)29-11-9-28(10-12-29)18-6-3-16(25)4-7-18/h3-8,13-15,22,26H,9-12H2,1-2H3,(H,27,30)(H,31,32). The van der Waals surface area contributed by atoms with Gasteiger partial charge in [0, 0.05) is 71.2 Å². The van der Waals surface area contributed by atoms with E-state index in [-0.39, 0.29) is 11.8 Å². The molecular weight excluding hydrogens is 428 g/mol. The molecule has 0 spiro atoms. The van der Waals surface area contributed by atoms with Gasteiger partial charge in [-0.2, -0.15) is 0 Å². The number of fused-ring (bicyclic) bond motifs is 1. The summed E-state index contributed by atoms with van der Waals surface area (Å²) in [7, 11) is 0. The Balaban J connectivity index is 1.52. The molecule has 4 rings (SSSR count). The Labute approximate surface area is 192 Å². The third-order valence-corrected chi connectivity index (χ3v) is 6.16. The fourth-order valence-electron chi connectivity index (χ4n) is 4.12. The molecule has 3 N–H and O–H groups in total. The molecule has 1 atom stereocenters. The van der Waals surface area contributed by atoms with Gasteiger partial charge < -0.3 is 20.3 Å². The molecule has 1 unspecified atom stereocenters. The molecule has 1 amide bonds. The second kappa shape index (κ2) is 9.22. The van der Waals surface area contributed by atoms with E-state index < -0.39 is 12.0 Å². The molecule has 0 aliphatic carbocycles. The largest absolute Gasteiger partial charge is 0.480 e. The van der Waals surface area contributed by atoms with E-state index in [0.717, 1.165) is 35.2 Å². The molecule has 1 fully saturated rings. The molecule has 3 aromatic rings. The summed E-state index contributed by atoms with van der Waals surface area (Å²) in [5.41, 5.74) is 3.30. The first-order chi connectivity index (χ1) is 15.3. The Morgan fingerprint density at radius 1 is 1.06 bits per heavy atom. The van der Waals surface area contributed by atoms with Crippen LogP contribution in [-0.4, -0.2) is 53.0 Å². The van der Waals surface area contributed by atoms with Gasteiger partial charge in [-0.25, -0.2) is 0 Å². The highest BCUT2D eigenvalue weighted by Gasteiger charge is 2.32. The Morgan fingerprint density at radius 3 is 2.38 bits per heavy atom. The van der Waals surface area contributed by atoms with Gasteiger partial charge in [-0.05, 0) is 36.4 Å². The molecular formula is C24H27ClN4O3. The summed E-state index contributed by atoms with van der Waals surface area (Å²) in [6.45, 7) is 6.41. The van der Waals surface area contributed by atoms with Crippen molar-refractivity contribution >= 4 is 45.8 Å².